The predicted octanol–water partition coefficient (Wildman–Crippen LogP) is 3.02. The summed E-state index contributed by atoms with van der Waals surface area (Å²) in [5.41, 5.74) is 1.19. The van der Waals surface area contributed by atoms with Crippen LogP contribution in [0.15, 0.2) is 21.6 Å². The molecule has 2 nitrogen and oxygen atoms in total. The van der Waals surface area contributed by atoms with E-state index in [1.165, 1.54) is 0 Å². The van der Waals surface area contributed by atoms with Crippen molar-refractivity contribution in [3.05, 3.63) is 33.0 Å². The van der Waals surface area contributed by atoms with Crippen molar-refractivity contribution in [1.29, 1.82) is 0 Å². The molecule has 1 aromatic carbocycles. The van der Waals surface area contributed by atoms with E-state index in [0.717, 1.165) is 12.3 Å². The van der Waals surface area contributed by atoms with Crippen LogP contribution in [0.25, 0.3) is 0 Å². The maximum absolute atomic E-state index is 13.9. The summed E-state index contributed by atoms with van der Waals surface area (Å²) >= 11 is 9.05. The molecule has 1 aliphatic rings. The average Bonchev–Trinajstić information content (AvgIpc) is 2.23. The first-order valence-electron chi connectivity index (χ1n) is 5.00. The molecule has 0 saturated carbocycles. The zero-order valence-electron chi connectivity index (χ0n) is 8.73. The molecule has 0 spiro atoms. The molecule has 5 heteroatoms. The van der Waals surface area contributed by atoms with E-state index in [9.17, 15) is 4.39 Å². The van der Waals surface area contributed by atoms with Crippen molar-refractivity contribution in [3.8, 4) is 0 Å². The quantitative estimate of drug-likeness (QED) is 0.793. The van der Waals surface area contributed by atoms with E-state index >= 15 is 0 Å². The lowest BCUT2D eigenvalue weighted by atomic mass is 10.1. The van der Waals surface area contributed by atoms with E-state index in [1.54, 1.807) is 12.1 Å². The van der Waals surface area contributed by atoms with E-state index in [-0.39, 0.29) is 11.9 Å². The SMILES string of the molecule is C[C@@H]1CNCC(c2cc(Cl)cc(Br)c2F)=N1. The van der Waals surface area contributed by atoms with Gasteiger partial charge in [-0.2, -0.15) is 0 Å². The Hall–Kier alpha value is -0.450. The van der Waals surface area contributed by atoms with Crippen LogP contribution in [-0.2, 0) is 0 Å². The van der Waals surface area contributed by atoms with Crippen LogP contribution in [0.1, 0.15) is 12.5 Å². The zero-order valence-corrected chi connectivity index (χ0v) is 11.1. The normalized spacial score (nSPS) is 20.8. The molecule has 16 heavy (non-hydrogen) atoms. The third-order valence-electron chi connectivity index (χ3n) is 2.41. The van der Waals surface area contributed by atoms with Crippen LogP contribution in [0.5, 0.6) is 0 Å². The molecule has 1 heterocycles. The van der Waals surface area contributed by atoms with E-state index in [4.69, 9.17) is 11.6 Å². The van der Waals surface area contributed by atoms with E-state index in [2.05, 4.69) is 26.2 Å². The molecule has 0 radical (unpaired) electrons. The summed E-state index contributed by atoms with van der Waals surface area (Å²) in [6.07, 6.45) is 0. The van der Waals surface area contributed by atoms with Crippen molar-refractivity contribution in [1.82, 2.24) is 5.32 Å². The highest BCUT2D eigenvalue weighted by Crippen LogP contribution is 2.25. The first kappa shape index (κ1) is 12.0. The van der Waals surface area contributed by atoms with Gasteiger partial charge in [0.2, 0.25) is 0 Å². The van der Waals surface area contributed by atoms with E-state index < -0.39 is 0 Å². The van der Waals surface area contributed by atoms with Gasteiger partial charge in [-0.1, -0.05) is 11.6 Å². The van der Waals surface area contributed by atoms with E-state index in [1.807, 2.05) is 6.92 Å². The van der Waals surface area contributed by atoms with Gasteiger partial charge < -0.3 is 5.32 Å². The number of nitrogens with one attached hydrogen (secondary N) is 1. The smallest absolute Gasteiger partial charge is 0.146 e. The minimum atomic E-state index is -0.306. The molecular formula is C11H11BrClFN2. The first-order chi connectivity index (χ1) is 7.58. The summed E-state index contributed by atoms with van der Waals surface area (Å²) in [6.45, 7) is 3.39. The van der Waals surface area contributed by atoms with Gasteiger partial charge in [-0.05, 0) is 35.0 Å². The fraction of sp³-hybridized carbons (Fsp3) is 0.364. The second kappa shape index (κ2) is 4.82. The topological polar surface area (TPSA) is 24.4 Å². The van der Waals surface area contributed by atoms with Gasteiger partial charge in [0.15, 0.2) is 0 Å². The first-order valence-corrected chi connectivity index (χ1v) is 6.17. The maximum Gasteiger partial charge on any atom is 0.146 e. The third-order valence-corrected chi connectivity index (χ3v) is 3.21. The number of hydrogen-bond donors (Lipinski definition) is 1. The zero-order chi connectivity index (χ0) is 11.7. The van der Waals surface area contributed by atoms with E-state index in [0.29, 0.717) is 21.6 Å². The fourth-order valence-electron chi connectivity index (χ4n) is 1.69. The van der Waals surface area contributed by atoms with Gasteiger partial charge in [-0.15, -0.1) is 0 Å². The summed E-state index contributed by atoms with van der Waals surface area (Å²) in [7, 11) is 0. The second-order valence-corrected chi connectivity index (χ2v) is 5.10. The lowest BCUT2D eigenvalue weighted by molar-refractivity contribution is 0.603. The molecule has 1 N–H and O–H groups in total. The van der Waals surface area contributed by atoms with Gasteiger partial charge in [0, 0.05) is 23.7 Å². The van der Waals surface area contributed by atoms with Crippen LogP contribution in [0.2, 0.25) is 5.02 Å². The summed E-state index contributed by atoms with van der Waals surface area (Å²) < 4.78 is 14.3. The molecule has 1 aliphatic heterocycles. The Bertz CT molecular complexity index is 448. The minimum Gasteiger partial charge on any atom is -0.309 e. The Balaban J connectivity index is 2.47. The van der Waals surface area contributed by atoms with Crippen LogP contribution >= 0.6 is 27.5 Å². The number of nitrogens with zero attached hydrogens (tertiary/aromatic N) is 1. The highest BCUT2D eigenvalue weighted by molar-refractivity contribution is 9.10. The van der Waals surface area contributed by atoms with Crippen LogP contribution in [-0.4, -0.2) is 24.8 Å². The number of halogens is 3. The van der Waals surface area contributed by atoms with Gasteiger partial charge >= 0.3 is 0 Å². The molecule has 0 aliphatic carbocycles. The van der Waals surface area contributed by atoms with Gasteiger partial charge in [0.05, 0.1) is 16.2 Å². The number of hydrogen-bond acceptors (Lipinski definition) is 2. The lowest BCUT2D eigenvalue weighted by Crippen LogP contribution is -2.36. The molecule has 1 atom stereocenters. The van der Waals surface area contributed by atoms with Crippen LogP contribution < -0.4 is 5.32 Å². The number of aliphatic imine (C=N–C) groups is 1. The van der Waals surface area contributed by atoms with Crippen molar-refractivity contribution in [3.63, 3.8) is 0 Å². The summed E-state index contributed by atoms with van der Waals surface area (Å²) in [5.74, 6) is -0.306. The highest BCUT2D eigenvalue weighted by Gasteiger charge is 2.17. The molecule has 0 saturated heterocycles. The summed E-state index contributed by atoms with van der Waals surface area (Å²) in [4.78, 5) is 4.43. The standard InChI is InChI=1S/C11H11BrClFN2/c1-6-4-15-5-10(16-6)8-2-7(13)3-9(12)11(8)14/h2-3,6,15H,4-5H2,1H3/t6-/m1/s1. The van der Waals surface area contributed by atoms with Crippen LogP contribution in [0, 0.1) is 5.82 Å². The molecule has 2 rings (SSSR count). The Morgan fingerprint density at radius 1 is 1.56 bits per heavy atom. The van der Waals surface area contributed by atoms with Gasteiger partial charge in [0.1, 0.15) is 5.82 Å². The van der Waals surface area contributed by atoms with Crippen LogP contribution in [0.4, 0.5) is 4.39 Å². The van der Waals surface area contributed by atoms with Crippen molar-refractivity contribution >= 4 is 33.2 Å². The molecular weight excluding hydrogens is 294 g/mol. The van der Waals surface area contributed by atoms with Crippen LogP contribution in [0.3, 0.4) is 0 Å². The molecule has 1 aromatic rings. The minimum absolute atomic E-state index is 0.168. The van der Waals surface area contributed by atoms with Crippen molar-refractivity contribution < 1.29 is 4.39 Å². The maximum atomic E-state index is 13.9. The fourth-order valence-corrected chi connectivity index (χ4v) is 2.50. The van der Waals surface area contributed by atoms with Crippen molar-refractivity contribution in [2.75, 3.05) is 13.1 Å². The highest BCUT2D eigenvalue weighted by atomic mass is 79.9. The Morgan fingerprint density at radius 2 is 2.31 bits per heavy atom. The summed E-state index contributed by atoms with van der Waals surface area (Å²) in [5, 5.41) is 3.70. The molecule has 0 bridgehead atoms. The third kappa shape index (κ3) is 2.44. The average molecular weight is 306 g/mol. The monoisotopic (exact) mass is 304 g/mol. The Kier molecular flexibility index (Phi) is 3.62. The van der Waals surface area contributed by atoms with Crippen molar-refractivity contribution in [2.24, 2.45) is 4.99 Å². The lowest BCUT2D eigenvalue weighted by Gasteiger charge is -2.19. The molecule has 0 unspecified atom stereocenters. The molecule has 0 amide bonds. The largest absolute Gasteiger partial charge is 0.309 e. The van der Waals surface area contributed by atoms with Gasteiger partial charge in [-0.3, -0.25) is 4.99 Å². The number of rotatable bonds is 1. The van der Waals surface area contributed by atoms with Crippen molar-refractivity contribution in [2.45, 2.75) is 13.0 Å². The Labute approximate surface area is 107 Å². The number of benzene rings is 1. The molecule has 0 fully saturated rings. The molecule has 86 valence electrons. The predicted molar refractivity (Wildman–Crippen MR) is 68.0 cm³/mol. The second-order valence-electron chi connectivity index (χ2n) is 3.80. The Morgan fingerprint density at radius 3 is 3.00 bits per heavy atom. The van der Waals surface area contributed by atoms with Gasteiger partial charge in [0.25, 0.3) is 0 Å². The molecule has 0 aromatic heterocycles. The summed E-state index contributed by atoms with van der Waals surface area (Å²) in [6, 6.07) is 3.32. The van der Waals surface area contributed by atoms with Gasteiger partial charge in [-0.25, -0.2) is 4.39 Å².